The van der Waals surface area contributed by atoms with Crippen LogP contribution in [0.4, 0.5) is 5.95 Å². The minimum absolute atomic E-state index is 0. The first-order chi connectivity index (χ1) is 57.1. The zero-order chi connectivity index (χ0) is 91.0. The Hall–Kier alpha value is 5.76. The largest absolute Gasteiger partial charge is 1.00 e. The van der Waals surface area contributed by atoms with Gasteiger partial charge in [-0.05, 0) is 251 Å². The molecule has 47 heteroatoms. The molecule has 716 valence electrons. The standard InChI is InChI=1S/C15H24Cl2N5O4P.2C10H18Cl3N2OP.3C6H11Cl.C6H18NSi2.2C5H9Cl3NOP.C3H7Br.C3H7N.Li/c1-19-14(10-18-15(19)22(23)24)11-26-27(25,20(8-6-16)12-2-3-12)21(9-7-17)13-4-5-13;2*11-5-7-14(9-1-2-9)17(13,16)15(8-6-12)10-3-4-10;3*7-5-1-2-6-3-4-6;1-8(2,3)7-9(4,5)6;2*6-3-4-9(5-1-2-5)11(7,8)10;1-2-3-4;4-3-1-2-3;/h10,12-13H,2-9,11H2,1H3;2*9-10H,1-8H2;3*6H,1-5H2;1-6H3;2*5H,1-4H2;2-3H2,1H3;3H,1-2,4H2;/q;;;;;;-1;;;;;+1. The molecule has 12 saturated carbocycles. The van der Waals surface area contributed by atoms with Gasteiger partial charge in [0.05, 0.1) is 7.05 Å². The SMILES string of the molecule is CCCBr.C[Si](C)(C)[N-][Si](C)(C)C.ClCCCC1CC1.ClCCCC1CC1.ClCCCC1CC1.Cn1c(COP(=O)(N(CCCl)C2CC2)N(CCCl)C2CC2)cnc1[N+](=O)[O-].NC1CC1.O=P(Cl)(Cl)N(CCCl)C1CC1.O=P(Cl)(Cl)N(CCCl)C1CC1.O=P(Cl)(N(CCCl)C1CC1)N(CCCl)C1CC1.O=P(Cl)(N(CCCl)C1CC1)N(CCCl)C1CC1.[Li+]. The van der Waals surface area contributed by atoms with Crippen molar-refractivity contribution >= 4 is 267 Å². The van der Waals surface area contributed by atoms with Crippen LogP contribution in [0.25, 0.3) is 4.65 Å². The number of nitrogens with zero attached hydrogens (tertiary/aromatic N) is 12. The van der Waals surface area contributed by atoms with Crippen LogP contribution in [0.1, 0.15) is 212 Å². The minimum atomic E-state index is -3.37. The number of imidazole rings is 1. The van der Waals surface area contributed by atoms with Crippen LogP contribution < -0.4 is 24.6 Å². The van der Waals surface area contributed by atoms with E-state index in [1.165, 1.54) is 107 Å². The van der Waals surface area contributed by atoms with E-state index in [2.05, 4.69) is 67.1 Å². The molecule has 12 aliphatic carbocycles. The average Bonchev–Trinajstić information content (AvgIpc) is 1.63. The molecule has 12 aliphatic rings. The van der Waals surface area contributed by atoms with Crippen molar-refractivity contribution in [3.8, 4) is 0 Å². The molecule has 1 aromatic rings. The molecule has 21 nitrogen and oxygen atoms in total. The Balaban J connectivity index is 0.000000475. The van der Waals surface area contributed by atoms with E-state index in [-0.39, 0.29) is 43.5 Å². The van der Waals surface area contributed by atoms with Crippen LogP contribution in [-0.4, -0.2) is 245 Å². The Bertz CT molecular complexity index is 3000. The molecule has 1 aromatic heterocycles. The smallest absolute Gasteiger partial charge is 0.668 e. The molecular weight excluding hydrogens is 2110 g/mol. The second-order valence-corrected chi connectivity index (χ2v) is 67.1. The molecular formula is C75H143BrCl17LiN13O8P5Si2. The van der Waals surface area contributed by atoms with E-state index in [0.717, 1.165) is 143 Å². The molecule has 0 unspecified atom stereocenters. The van der Waals surface area contributed by atoms with E-state index in [1.54, 1.807) is 16.4 Å². The van der Waals surface area contributed by atoms with Gasteiger partial charge in [0.1, 0.15) is 18.5 Å². The van der Waals surface area contributed by atoms with Crippen molar-refractivity contribution in [1.82, 2.24) is 46.9 Å². The van der Waals surface area contributed by atoms with Crippen molar-refractivity contribution in [2.45, 2.75) is 306 Å². The number of hydrogen-bond acceptors (Lipinski definition) is 10. The van der Waals surface area contributed by atoms with Crippen LogP contribution in [0.5, 0.6) is 0 Å². The van der Waals surface area contributed by atoms with E-state index in [9.17, 15) is 32.9 Å². The van der Waals surface area contributed by atoms with Gasteiger partial charge in [-0.15, -0.1) is 128 Å². The van der Waals surface area contributed by atoms with Crippen LogP contribution in [0.2, 0.25) is 39.3 Å². The second kappa shape index (κ2) is 64.9. The van der Waals surface area contributed by atoms with Crippen LogP contribution in [-0.2, 0) is 41.0 Å². The molecule has 0 spiro atoms. The van der Waals surface area contributed by atoms with Gasteiger partial charge in [0.25, 0.3) is 0 Å². The first-order valence-corrected chi connectivity index (χ1v) is 70.8. The Morgan fingerprint density at radius 2 is 0.664 bits per heavy atom. The summed E-state index contributed by atoms with van der Waals surface area (Å²) in [4.78, 5) is 14.2. The molecule has 0 radical (unpaired) electrons. The summed E-state index contributed by atoms with van der Waals surface area (Å²) < 4.78 is 89.0. The molecule has 1 heterocycles. The van der Waals surface area contributed by atoms with E-state index in [4.69, 9.17) is 210 Å². The van der Waals surface area contributed by atoms with Gasteiger partial charge < -0.3 is 20.5 Å². The molecule has 0 aliphatic heterocycles. The average molecular weight is 2260 g/mol. The van der Waals surface area contributed by atoms with Crippen LogP contribution in [0.15, 0.2) is 6.20 Å². The van der Waals surface area contributed by atoms with Crippen LogP contribution in [0, 0.1) is 27.9 Å². The summed E-state index contributed by atoms with van der Waals surface area (Å²) in [6.07, 6.45) is 38.3. The van der Waals surface area contributed by atoms with Gasteiger partial charge in [-0.3, -0.25) is 27.3 Å². The Morgan fingerprint density at radius 1 is 0.443 bits per heavy atom. The number of aromatic nitrogens is 2. The fraction of sp³-hybridized carbons (Fsp3) is 0.960. The fourth-order valence-electron chi connectivity index (χ4n) is 12.6. The third-order valence-electron chi connectivity index (χ3n) is 20.2. The zero-order valence-electron chi connectivity index (χ0n) is 73.5. The van der Waals surface area contributed by atoms with Gasteiger partial charge in [-0.25, -0.2) is 41.9 Å². The molecule has 0 aromatic carbocycles. The molecule has 0 amide bonds. The van der Waals surface area contributed by atoms with Gasteiger partial charge in [-0.1, -0.05) is 122 Å². The monoisotopic (exact) mass is 2250 g/mol. The van der Waals surface area contributed by atoms with Crippen molar-refractivity contribution in [1.29, 1.82) is 0 Å². The summed E-state index contributed by atoms with van der Waals surface area (Å²) in [5.74, 6) is 2.71. The molecule has 2 N–H and O–H groups in total. The predicted molar refractivity (Wildman–Crippen MR) is 541 cm³/mol. The van der Waals surface area contributed by atoms with E-state index in [0.29, 0.717) is 147 Å². The summed E-state index contributed by atoms with van der Waals surface area (Å²) >= 11 is 101. The number of alkyl halides is 12. The maximum Gasteiger partial charge on any atom is 1.00 e. The van der Waals surface area contributed by atoms with Gasteiger partial charge in [0.2, 0.25) is 0 Å². The molecule has 13 rings (SSSR count). The molecule has 0 bridgehead atoms. The summed E-state index contributed by atoms with van der Waals surface area (Å²) in [5, 5.41) is 12.1. The number of halogens is 18. The van der Waals surface area contributed by atoms with Crippen LogP contribution >= 0.6 is 244 Å². The topological polar surface area (TPSA) is 222 Å². The number of nitro groups is 1. The van der Waals surface area contributed by atoms with Gasteiger partial charge in [0, 0.05) is 177 Å². The third kappa shape index (κ3) is 55.5. The molecule has 0 saturated heterocycles. The van der Waals surface area contributed by atoms with Crippen molar-refractivity contribution in [3.63, 3.8) is 0 Å². The van der Waals surface area contributed by atoms with Crippen molar-refractivity contribution < 1.29 is 51.1 Å². The van der Waals surface area contributed by atoms with Crippen molar-refractivity contribution in [2.75, 3.05) is 122 Å². The maximum absolute atomic E-state index is 14.1. The summed E-state index contributed by atoms with van der Waals surface area (Å²) in [6.45, 7) is 14.3. The van der Waals surface area contributed by atoms with Gasteiger partial charge in [0.15, 0.2) is 0 Å². The van der Waals surface area contributed by atoms with Gasteiger partial charge in [-0.2, -0.15) is 0 Å². The summed E-state index contributed by atoms with van der Waals surface area (Å²) in [7, 11) is -4.04. The quantitative estimate of drug-likeness (QED) is 0.0211. The molecule has 12 fully saturated rings. The van der Waals surface area contributed by atoms with E-state index < -0.39 is 54.7 Å². The van der Waals surface area contributed by atoms with E-state index in [1.807, 2.05) is 28.0 Å². The number of rotatable bonds is 48. The Kier molecular flexibility index (Phi) is 65.9. The second-order valence-electron chi connectivity index (χ2n) is 34.4. The first kappa shape index (κ1) is 124. The third-order valence-corrected chi connectivity index (χ3v) is 42.9. The normalized spacial score (nSPS) is 19.0. The number of hydrogen-bond donors (Lipinski definition) is 1. The summed E-state index contributed by atoms with van der Waals surface area (Å²) in [5.41, 5.74) is 5.71. The maximum atomic E-state index is 14.1. The predicted octanol–water partition coefficient (Wildman–Crippen LogP) is 26.6. The fourth-order valence-corrected chi connectivity index (χ4v) is 37.6. The minimum Gasteiger partial charge on any atom is -0.668 e. The molecule has 122 heavy (non-hydrogen) atoms. The Morgan fingerprint density at radius 3 is 0.828 bits per heavy atom. The van der Waals surface area contributed by atoms with Gasteiger partial charge >= 0.3 is 58.1 Å². The summed E-state index contributed by atoms with van der Waals surface area (Å²) in [6, 6.07) is 2.98. The Labute approximate surface area is 841 Å². The van der Waals surface area contributed by atoms with Crippen molar-refractivity contribution in [3.05, 3.63) is 26.7 Å². The zero-order valence-corrected chi connectivity index (χ0v) is 94.4. The first-order valence-electron chi connectivity index (χ1n) is 43.4. The van der Waals surface area contributed by atoms with Crippen molar-refractivity contribution in [2.24, 2.45) is 30.5 Å². The van der Waals surface area contributed by atoms with E-state index >= 15 is 0 Å². The molecule has 0 atom stereocenters. The van der Waals surface area contributed by atoms with Crippen LogP contribution in [0.3, 0.4) is 0 Å². The number of nitrogens with two attached hydrogens (primary N) is 1.